The van der Waals surface area contributed by atoms with Crippen molar-refractivity contribution in [2.75, 3.05) is 13.2 Å². The number of ether oxygens (including phenoxy) is 1. The van der Waals surface area contributed by atoms with E-state index in [0.717, 1.165) is 12.5 Å². The fourth-order valence-electron chi connectivity index (χ4n) is 1.77. The van der Waals surface area contributed by atoms with Gasteiger partial charge in [0.15, 0.2) is 12.9 Å². The molecule has 9 nitrogen and oxygen atoms in total. The molecule has 0 saturated heterocycles. The molecule has 0 heterocycles. The van der Waals surface area contributed by atoms with Crippen LogP contribution in [0.2, 0.25) is 0 Å². The Morgan fingerprint density at radius 2 is 2.12 bits per heavy atom. The van der Waals surface area contributed by atoms with Crippen molar-refractivity contribution in [2.24, 2.45) is 0 Å². The minimum Gasteiger partial charge on any atom is -0.483 e. The van der Waals surface area contributed by atoms with E-state index in [2.05, 4.69) is 10.6 Å². The summed E-state index contributed by atoms with van der Waals surface area (Å²) in [5, 5.41) is 15.7. The smallest absolute Gasteiger partial charge is 0.270 e. The first kappa shape index (κ1) is 19.1. The van der Waals surface area contributed by atoms with Crippen LogP contribution in [0.4, 0.5) is 5.69 Å². The summed E-state index contributed by atoms with van der Waals surface area (Å²) in [5.74, 6) is -0.813. The highest BCUT2D eigenvalue weighted by Gasteiger charge is 2.16. The van der Waals surface area contributed by atoms with Crippen molar-refractivity contribution in [1.82, 2.24) is 10.6 Å². The van der Waals surface area contributed by atoms with Gasteiger partial charge in [-0.1, -0.05) is 6.92 Å². The average molecular weight is 337 g/mol. The molecular weight excluding hydrogens is 318 g/mol. The zero-order valence-electron chi connectivity index (χ0n) is 13.4. The van der Waals surface area contributed by atoms with Crippen LogP contribution < -0.4 is 15.4 Å². The van der Waals surface area contributed by atoms with Crippen molar-refractivity contribution in [3.05, 3.63) is 33.9 Å². The molecule has 0 fully saturated rings. The molecular formula is C15H19N3O6. The Hall–Kier alpha value is -2.97. The number of nitrogens with one attached hydrogen (secondary N) is 2. The van der Waals surface area contributed by atoms with Gasteiger partial charge in [-0.05, 0) is 19.4 Å². The molecule has 0 spiro atoms. The molecule has 0 bridgehead atoms. The molecule has 1 rings (SSSR count). The number of amides is 2. The van der Waals surface area contributed by atoms with Crippen LogP contribution in [-0.4, -0.2) is 42.2 Å². The van der Waals surface area contributed by atoms with E-state index in [1.165, 1.54) is 19.1 Å². The van der Waals surface area contributed by atoms with Gasteiger partial charge in [0.05, 0.1) is 10.5 Å². The fourth-order valence-corrected chi connectivity index (χ4v) is 1.77. The summed E-state index contributed by atoms with van der Waals surface area (Å²) in [5.41, 5.74) is -0.291. The van der Waals surface area contributed by atoms with Gasteiger partial charge in [0.1, 0.15) is 11.8 Å². The quantitative estimate of drug-likeness (QED) is 0.390. The number of hydrogen-bond donors (Lipinski definition) is 2. The topological polar surface area (TPSA) is 128 Å². The van der Waals surface area contributed by atoms with Gasteiger partial charge in [0.2, 0.25) is 5.91 Å². The van der Waals surface area contributed by atoms with E-state index in [1.54, 1.807) is 0 Å². The maximum atomic E-state index is 11.8. The lowest BCUT2D eigenvalue weighted by atomic mass is 10.2. The molecule has 2 amide bonds. The van der Waals surface area contributed by atoms with E-state index < -0.39 is 23.5 Å². The van der Waals surface area contributed by atoms with E-state index in [-0.39, 0.29) is 22.9 Å². The second-order valence-corrected chi connectivity index (χ2v) is 4.97. The van der Waals surface area contributed by atoms with Crippen LogP contribution in [0.15, 0.2) is 18.2 Å². The van der Waals surface area contributed by atoms with Gasteiger partial charge in [0, 0.05) is 18.7 Å². The molecule has 0 saturated carbocycles. The predicted molar refractivity (Wildman–Crippen MR) is 84.9 cm³/mol. The monoisotopic (exact) mass is 337 g/mol. The summed E-state index contributed by atoms with van der Waals surface area (Å²) in [7, 11) is 0. The van der Waals surface area contributed by atoms with Crippen molar-refractivity contribution < 1.29 is 24.0 Å². The number of aldehydes is 1. The lowest BCUT2D eigenvalue weighted by Gasteiger charge is -2.14. The van der Waals surface area contributed by atoms with Gasteiger partial charge in [-0.3, -0.25) is 24.5 Å². The molecule has 0 aliphatic heterocycles. The average Bonchev–Trinajstić information content (AvgIpc) is 2.57. The molecule has 9 heteroatoms. The molecule has 0 aliphatic carbocycles. The number of benzene rings is 1. The van der Waals surface area contributed by atoms with Crippen molar-refractivity contribution >= 4 is 23.8 Å². The Morgan fingerprint density at radius 3 is 2.71 bits per heavy atom. The molecule has 1 aromatic rings. The Morgan fingerprint density at radius 1 is 1.42 bits per heavy atom. The van der Waals surface area contributed by atoms with Crippen molar-refractivity contribution in [3.8, 4) is 5.75 Å². The van der Waals surface area contributed by atoms with Crippen molar-refractivity contribution in [1.29, 1.82) is 0 Å². The van der Waals surface area contributed by atoms with Gasteiger partial charge in [-0.15, -0.1) is 0 Å². The zero-order valence-corrected chi connectivity index (χ0v) is 13.4. The van der Waals surface area contributed by atoms with Crippen LogP contribution in [0.25, 0.3) is 0 Å². The van der Waals surface area contributed by atoms with E-state index in [0.29, 0.717) is 12.8 Å². The van der Waals surface area contributed by atoms with E-state index in [1.807, 2.05) is 6.92 Å². The van der Waals surface area contributed by atoms with Gasteiger partial charge in [0.25, 0.3) is 11.6 Å². The highest BCUT2D eigenvalue weighted by atomic mass is 16.6. The maximum absolute atomic E-state index is 11.8. The Bertz CT molecular complexity index is 632. The third-order valence-electron chi connectivity index (χ3n) is 3.01. The first-order chi connectivity index (χ1) is 11.4. The largest absolute Gasteiger partial charge is 0.483 e. The minimum absolute atomic E-state index is 0.0364. The van der Waals surface area contributed by atoms with Crippen molar-refractivity contribution in [2.45, 2.75) is 26.3 Å². The Balaban J connectivity index is 2.59. The number of nitro groups is 1. The Labute approximate surface area is 138 Å². The molecule has 0 unspecified atom stereocenters. The molecule has 130 valence electrons. The van der Waals surface area contributed by atoms with Crippen LogP contribution in [0.1, 0.15) is 30.6 Å². The normalized spacial score (nSPS) is 11.2. The summed E-state index contributed by atoms with van der Waals surface area (Å²) in [6.45, 7) is 3.53. The van der Waals surface area contributed by atoms with Gasteiger partial charge in [-0.2, -0.15) is 0 Å². The minimum atomic E-state index is -0.727. The van der Waals surface area contributed by atoms with Crippen LogP contribution >= 0.6 is 0 Å². The summed E-state index contributed by atoms with van der Waals surface area (Å²) < 4.78 is 5.19. The number of nitro benzene ring substituents is 1. The van der Waals surface area contributed by atoms with Gasteiger partial charge < -0.3 is 15.4 Å². The number of carbonyl (C=O) groups excluding carboxylic acids is 3. The first-order valence-electron chi connectivity index (χ1n) is 7.32. The maximum Gasteiger partial charge on any atom is 0.270 e. The summed E-state index contributed by atoms with van der Waals surface area (Å²) in [6, 6.07) is 2.74. The number of nitrogens with zero attached hydrogens (tertiary/aromatic N) is 1. The molecule has 0 aromatic heterocycles. The molecule has 1 atom stereocenters. The predicted octanol–water partition coefficient (Wildman–Crippen LogP) is 0.817. The lowest BCUT2D eigenvalue weighted by Crippen LogP contribution is -2.46. The first-order valence-corrected chi connectivity index (χ1v) is 7.32. The van der Waals surface area contributed by atoms with E-state index in [4.69, 9.17) is 4.74 Å². The number of rotatable bonds is 9. The van der Waals surface area contributed by atoms with Crippen LogP contribution in [0.3, 0.4) is 0 Å². The van der Waals surface area contributed by atoms with Crippen molar-refractivity contribution in [3.63, 3.8) is 0 Å². The van der Waals surface area contributed by atoms with Crippen LogP contribution in [-0.2, 0) is 9.59 Å². The molecule has 1 aromatic carbocycles. The van der Waals surface area contributed by atoms with Gasteiger partial charge in [-0.25, -0.2) is 0 Å². The summed E-state index contributed by atoms with van der Waals surface area (Å²) in [6.07, 6.45) is 1.19. The van der Waals surface area contributed by atoms with Crippen LogP contribution in [0.5, 0.6) is 5.75 Å². The SMILES string of the molecule is CCCNC(=O)[C@@H](C)NC(=O)COc1ccc([N+](=O)[O-])cc1C=O. The zero-order chi connectivity index (χ0) is 18.1. The second kappa shape index (κ2) is 9.23. The highest BCUT2D eigenvalue weighted by molar-refractivity contribution is 5.88. The Kier molecular flexibility index (Phi) is 7.34. The highest BCUT2D eigenvalue weighted by Crippen LogP contribution is 2.22. The molecule has 2 N–H and O–H groups in total. The summed E-state index contributed by atoms with van der Waals surface area (Å²) >= 11 is 0. The standard InChI is InChI=1S/C15H19N3O6/c1-3-6-16-15(21)10(2)17-14(20)9-24-13-5-4-12(18(22)23)7-11(13)8-19/h4-5,7-8,10H,3,6,9H2,1-2H3,(H,16,21)(H,17,20)/t10-/m1/s1. The third-order valence-corrected chi connectivity index (χ3v) is 3.01. The third kappa shape index (κ3) is 5.67. The lowest BCUT2D eigenvalue weighted by molar-refractivity contribution is -0.384. The fraction of sp³-hybridized carbons (Fsp3) is 0.400. The molecule has 24 heavy (non-hydrogen) atoms. The molecule has 0 radical (unpaired) electrons. The number of non-ortho nitro benzene ring substituents is 1. The van der Waals surface area contributed by atoms with Crippen LogP contribution in [0, 0.1) is 10.1 Å². The van der Waals surface area contributed by atoms with E-state index >= 15 is 0 Å². The molecule has 0 aliphatic rings. The second-order valence-electron chi connectivity index (χ2n) is 4.97. The summed E-state index contributed by atoms with van der Waals surface area (Å²) in [4.78, 5) is 44.4. The van der Waals surface area contributed by atoms with E-state index in [9.17, 15) is 24.5 Å². The number of carbonyl (C=O) groups is 3. The van der Waals surface area contributed by atoms with Gasteiger partial charge >= 0.3 is 0 Å². The number of hydrogen-bond acceptors (Lipinski definition) is 6.